The summed E-state index contributed by atoms with van der Waals surface area (Å²) in [4.78, 5) is 30.4. The van der Waals surface area contributed by atoms with Gasteiger partial charge in [0.1, 0.15) is 17.5 Å². The van der Waals surface area contributed by atoms with Crippen molar-refractivity contribution in [2.24, 2.45) is 5.73 Å². The summed E-state index contributed by atoms with van der Waals surface area (Å²) in [6.45, 7) is 3.38. The number of methoxy groups -OCH3 is 2. The number of nitrogens with one attached hydrogen (secondary N) is 2. The lowest BCUT2D eigenvalue weighted by atomic mass is 9.98. The van der Waals surface area contributed by atoms with Crippen LogP contribution in [0.15, 0.2) is 91.4 Å². The molecule has 1 aromatic heterocycles. The van der Waals surface area contributed by atoms with Gasteiger partial charge in [0.15, 0.2) is 5.82 Å². The number of ether oxygens (including phenoxy) is 3. The molecule has 0 radical (unpaired) electrons. The van der Waals surface area contributed by atoms with E-state index in [1.807, 2.05) is 83.4 Å². The molecule has 0 saturated heterocycles. The number of rotatable bonds is 13. The van der Waals surface area contributed by atoms with Crippen LogP contribution in [0.4, 0.5) is 5.82 Å². The summed E-state index contributed by atoms with van der Waals surface area (Å²) in [6, 6.07) is 23.8. The van der Waals surface area contributed by atoms with Gasteiger partial charge in [0.05, 0.1) is 45.3 Å². The van der Waals surface area contributed by atoms with Gasteiger partial charge in [-0.3, -0.25) is 9.59 Å². The van der Waals surface area contributed by atoms with Gasteiger partial charge in [0.25, 0.3) is 5.91 Å². The first-order chi connectivity index (χ1) is 20.2. The van der Waals surface area contributed by atoms with Crippen molar-refractivity contribution in [2.75, 3.05) is 26.1 Å². The monoisotopic (exact) mass is 571 g/mol. The Kier molecular flexibility index (Phi) is 9.95. The molecule has 10 heteroatoms. The minimum atomic E-state index is -1.18. The van der Waals surface area contributed by atoms with Crippen molar-refractivity contribution in [3.05, 3.63) is 108 Å². The molecule has 10 nitrogen and oxygen atoms in total. The van der Waals surface area contributed by atoms with Crippen LogP contribution >= 0.6 is 0 Å². The summed E-state index contributed by atoms with van der Waals surface area (Å²) >= 11 is 0. The third-order valence-corrected chi connectivity index (χ3v) is 6.62. The highest BCUT2D eigenvalue weighted by Gasteiger charge is 2.29. The number of anilines is 1. The van der Waals surface area contributed by atoms with Gasteiger partial charge in [-0.25, -0.2) is 4.98 Å². The maximum atomic E-state index is 13.4. The van der Waals surface area contributed by atoms with Gasteiger partial charge in [-0.1, -0.05) is 54.6 Å². The lowest BCUT2D eigenvalue weighted by Gasteiger charge is -2.23. The number of carbonyl (C=O) groups excluding carboxylic acids is 2. The highest BCUT2D eigenvalue weighted by Crippen LogP contribution is 2.30. The average Bonchev–Trinajstić information content (AvgIpc) is 3.45. The summed E-state index contributed by atoms with van der Waals surface area (Å²) in [5, 5.41) is 5.52. The highest BCUT2D eigenvalue weighted by molar-refractivity contribution is 5.98. The zero-order chi connectivity index (χ0) is 30.1. The molecule has 220 valence electrons. The van der Waals surface area contributed by atoms with Gasteiger partial charge in [-0.15, -0.1) is 0 Å². The van der Waals surface area contributed by atoms with E-state index in [1.165, 1.54) is 0 Å². The van der Waals surface area contributed by atoms with Crippen LogP contribution < -0.4 is 25.8 Å². The molecular weight excluding hydrogens is 534 g/mol. The Morgan fingerprint density at radius 2 is 1.48 bits per heavy atom. The largest absolute Gasteiger partial charge is 0.497 e. The molecule has 4 rings (SSSR count). The van der Waals surface area contributed by atoms with Crippen LogP contribution in [0.3, 0.4) is 0 Å². The highest BCUT2D eigenvalue weighted by atomic mass is 16.5. The first-order valence-electron chi connectivity index (χ1n) is 13.5. The molecule has 2 amide bonds. The third-order valence-electron chi connectivity index (χ3n) is 6.62. The standard InChI is InChI=1S/C32H37N5O5/c1-32(2,33)31(39)35-27(20-42-19-22-8-6-5-7-9-22)30(38)36-28-18-37(21-34-28)29(23-10-14-25(40-3)15-11-23)24-12-16-26(41-4)17-13-24/h5-18,21,27,29H,19-20,33H2,1-4H3,(H,35,39)(H,36,38)/t27-/m1/s1. The molecule has 0 bridgehead atoms. The van der Waals surface area contributed by atoms with E-state index in [-0.39, 0.29) is 19.3 Å². The van der Waals surface area contributed by atoms with E-state index in [4.69, 9.17) is 19.9 Å². The Morgan fingerprint density at radius 3 is 2.00 bits per heavy atom. The Balaban J connectivity index is 1.54. The number of amides is 2. The van der Waals surface area contributed by atoms with Gasteiger partial charge in [0.2, 0.25) is 5.91 Å². The molecule has 0 aliphatic heterocycles. The maximum Gasteiger partial charge on any atom is 0.250 e. The predicted molar refractivity (Wildman–Crippen MR) is 160 cm³/mol. The fraction of sp³-hybridized carbons (Fsp3) is 0.281. The van der Waals surface area contributed by atoms with Crippen LogP contribution in [-0.2, 0) is 20.9 Å². The van der Waals surface area contributed by atoms with Crippen LogP contribution in [-0.4, -0.2) is 53.8 Å². The van der Waals surface area contributed by atoms with Crippen molar-refractivity contribution in [3.63, 3.8) is 0 Å². The Labute approximate surface area is 245 Å². The second-order valence-electron chi connectivity index (χ2n) is 10.4. The second-order valence-corrected chi connectivity index (χ2v) is 10.4. The predicted octanol–water partition coefficient (Wildman–Crippen LogP) is 3.92. The number of hydrogen-bond donors (Lipinski definition) is 3. The maximum absolute atomic E-state index is 13.4. The zero-order valence-corrected chi connectivity index (χ0v) is 24.2. The molecule has 0 fully saturated rings. The molecule has 0 unspecified atom stereocenters. The Hall–Kier alpha value is -4.67. The molecule has 4 aromatic rings. The molecule has 1 heterocycles. The van der Waals surface area contributed by atoms with Gasteiger partial charge in [-0.2, -0.15) is 0 Å². The van der Waals surface area contributed by atoms with Crippen molar-refractivity contribution in [3.8, 4) is 11.5 Å². The van der Waals surface area contributed by atoms with Gasteiger partial charge in [-0.05, 0) is 54.8 Å². The lowest BCUT2D eigenvalue weighted by molar-refractivity contribution is -0.130. The topological polar surface area (TPSA) is 130 Å². The van der Waals surface area contributed by atoms with E-state index in [0.717, 1.165) is 28.2 Å². The molecule has 3 aromatic carbocycles. The van der Waals surface area contributed by atoms with Crippen molar-refractivity contribution in [1.82, 2.24) is 14.9 Å². The normalized spacial score (nSPS) is 12.0. The van der Waals surface area contributed by atoms with Crippen molar-refractivity contribution >= 4 is 17.6 Å². The quantitative estimate of drug-likeness (QED) is 0.222. The summed E-state index contributed by atoms with van der Waals surface area (Å²) in [6.07, 6.45) is 3.39. The first kappa shape index (κ1) is 30.3. The van der Waals surface area contributed by atoms with E-state index in [9.17, 15) is 9.59 Å². The number of aromatic nitrogens is 2. The third kappa shape index (κ3) is 7.96. The lowest BCUT2D eigenvalue weighted by Crippen LogP contribution is -2.56. The Morgan fingerprint density at radius 1 is 0.905 bits per heavy atom. The van der Waals surface area contributed by atoms with E-state index in [1.54, 1.807) is 40.6 Å². The Bertz CT molecular complexity index is 1400. The van der Waals surface area contributed by atoms with Crippen LogP contribution in [0.1, 0.15) is 36.6 Å². The average molecular weight is 572 g/mol. The minimum absolute atomic E-state index is 0.0520. The molecule has 1 atom stereocenters. The van der Waals surface area contributed by atoms with Gasteiger partial charge >= 0.3 is 0 Å². The molecule has 0 aliphatic carbocycles. The molecule has 4 N–H and O–H groups in total. The van der Waals surface area contributed by atoms with E-state index < -0.39 is 23.4 Å². The summed E-state index contributed by atoms with van der Waals surface area (Å²) < 4.78 is 18.4. The van der Waals surface area contributed by atoms with Crippen LogP contribution in [0.2, 0.25) is 0 Å². The van der Waals surface area contributed by atoms with Crippen LogP contribution in [0, 0.1) is 0 Å². The van der Waals surface area contributed by atoms with Gasteiger partial charge < -0.3 is 35.1 Å². The summed E-state index contributed by atoms with van der Waals surface area (Å²) in [5.74, 6) is 0.858. The smallest absolute Gasteiger partial charge is 0.250 e. The minimum Gasteiger partial charge on any atom is -0.497 e. The fourth-order valence-corrected chi connectivity index (χ4v) is 4.26. The van der Waals surface area contributed by atoms with E-state index in [2.05, 4.69) is 15.6 Å². The number of benzene rings is 3. The first-order valence-corrected chi connectivity index (χ1v) is 13.5. The number of imidazole rings is 1. The van der Waals surface area contributed by atoms with Crippen LogP contribution in [0.5, 0.6) is 11.5 Å². The number of nitrogens with two attached hydrogens (primary N) is 1. The number of carbonyl (C=O) groups is 2. The summed E-state index contributed by atoms with van der Waals surface area (Å²) in [5.41, 5.74) is 7.71. The SMILES string of the molecule is COc1ccc(C(c2ccc(OC)cc2)n2cnc(NC(=O)[C@@H](COCc3ccccc3)NC(=O)C(C)(C)N)c2)cc1. The summed E-state index contributed by atoms with van der Waals surface area (Å²) in [7, 11) is 3.25. The van der Waals surface area contributed by atoms with Crippen molar-refractivity contribution in [2.45, 2.75) is 38.1 Å². The van der Waals surface area contributed by atoms with Gasteiger partial charge in [0, 0.05) is 6.20 Å². The molecule has 0 aliphatic rings. The molecule has 0 spiro atoms. The van der Waals surface area contributed by atoms with Crippen molar-refractivity contribution < 1.29 is 23.8 Å². The van der Waals surface area contributed by atoms with Crippen LogP contribution in [0.25, 0.3) is 0 Å². The second kappa shape index (κ2) is 13.8. The molecule has 42 heavy (non-hydrogen) atoms. The van der Waals surface area contributed by atoms with Crippen molar-refractivity contribution in [1.29, 1.82) is 0 Å². The van der Waals surface area contributed by atoms with E-state index in [0.29, 0.717) is 5.82 Å². The van der Waals surface area contributed by atoms with E-state index >= 15 is 0 Å². The molecular formula is C32H37N5O5. The number of hydrogen-bond acceptors (Lipinski definition) is 7. The fourth-order valence-electron chi connectivity index (χ4n) is 4.26. The molecule has 0 saturated carbocycles. The zero-order valence-electron chi connectivity index (χ0n) is 24.2. The number of nitrogens with zero attached hydrogens (tertiary/aromatic N) is 2.